The molecule has 3 rings (SSSR count). The molecule has 1 N–H and O–H groups in total. The molecule has 0 saturated carbocycles. The van der Waals surface area contributed by atoms with Crippen molar-refractivity contribution in [3.8, 4) is 17.2 Å². The molecule has 0 amide bonds. The third-order valence-corrected chi connectivity index (χ3v) is 3.98. The molecule has 1 aliphatic heterocycles. The van der Waals surface area contributed by atoms with E-state index in [4.69, 9.17) is 32.7 Å². The first-order valence-electron chi connectivity index (χ1n) is 6.80. The maximum absolute atomic E-state index is 12.4. The predicted octanol–water partition coefficient (Wildman–Crippen LogP) is 4.23. The van der Waals surface area contributed by atoms with Crippen LogP contribution in [0.5, 0.6) is 17.2 Å². The zero-order valence-electron chi connectivity index (χ0n) is 12.6. The van der Waals surface area contributed by atoms with Gasteiger partial charge in [-0.05, 0) is 29.8 Å². The Kier molecular flexibility index (Phi) is 4.28. The normalized spacial score (nSPS) is 14.4. The third-order valence-electron chi connectivity index (χ3n) is 3.48. The van der Waals surface area contributed by atoms with Gasteiger partial charge in [-0.25, -0.2) is 0 Å². The van der Waals surface area contributed by atoms with Crippen molar-refractivity contribution in [2.45, 2.75) is 0 Å². The van der Waals surface area contributed by atoms with Gasteiger partial charge in [-0.1, -0.05) is 23.2 Å². The number of carbonyl (C=O) groups excluding carboxylic acids is 1. The number of halogens is 2. The highest BCUT2D eigenvalue weighted by Crippen LogP contribution is 2.41. The largest absolute Gasteiger partial charge is 0.500 e. The fourth-order valence-electron chi connectivity index (χ4n) is 2.36. The molecule has 7 nitrogen and oxygen atoms in total. The summed E-state index contributed by atoms with van der Waals surface area (Å²) >= 11 is 11.9. The van der Waals surface area contributed by atoms with E-state index in [1.165, 1.54) is 31.4 Å². The molecule has 25 heavy (non-hydrogen) atoms. The Hall–Kier alpha value is -2.77. The first kappa shape index (κ1) is 17.1. The molecule has 0 fully saturated rings. The van der Waals surface area contributed by atoms with Gasteiger partial charge < -0.3 is 14.6 Å². The van der Waals surface area contributed by atoms with Gasteiger partial charge in [0, 0.05) is 11.1 Å². The number of hydrogen-bond donors (Lipinski definition) is 1. The van der Waals surface area contributed by atoms with Crippen molar-refractivity contribution >= 4 is 40.7 Å². The Morgan fingerprint density at radius 3 is 2.64 bits per heavy atom. The minimum absolute atomic E-state index is 0.0822. The Morgan fingerprint density at radius 1 is 1.28 bits per heavy atom. The SMILES string of the molecule is COc1cc(C=C2Oc3c(Cl)cc(Cl)cc3C2=O)cc([N+](=O)[O-])c1O. The summed E-state index contributed by atoms with van der Waals surface area (Å²) in [4.78, 5) is 22.7. The van der Waals surface area contributed by atoms with Gasteiger partial charge in [0.25, 0.3) is 0 Å². The number of aromatic hydroxyl groups is 1. The topological polar surface area (TPSA) is 98.9 Å². The maximum atomic E-state index is 12.4. The molecule has 2 aromatic rings. The lowest BCUT2D eigenvalue weighted by molar-refractivity contribution is -0.386. The fourth-order valence-corrected chi connectivity index (χ4v) is 2.89. The predicted molar refractivity (Wildman–Crippen MR) is 90.7 cm³/mol. The Bertz CT molecular complexity index is 954. The first-order chi connectivity index (χ1) is 11.8. The minimum Gasteiger partial charge on any atom is -0.500 e. The highest BCUT2D eigenvalue weighted by Gasteiger charge is 2.30. The number of benzene rings is 2. The monoisotopic (exact) mass is 381 g/mol. The molecule has 0 bridgehead atoms. The van der Waals surface area contributed by atoms with Gasteiger partial charge in [-0.2, -0.15) is 0 Å². The standard InChI is InChI=1S/C16H9Cl2NO6/c1-24-12-3-7(2-11(15(12)21)19(22)23)4-13-14(20)9-5-8(17)6-10(18)16(9)25-13/h2-6,21H,1H3. The molecule has 0 aromatic heterocycles. The molecule has 0 aliphatic carbocycles. The van der Waals surface area contributed by atoms with Crippen molar-refractivity contribution in [1.29, 1.82) is 0 Å². The lowest BCUT2D eigenvalue weighted by Crippen LogP contribution is -1.99. The van der Waals surface area contributed by atoms with E-state index in [1.54, 1.807) is 0 Å². The molecule has 0 atom stereocenters. The number of nitro groups is 1. The van der Waals surface area contributed by atoms with E-state index >= 15 is 0 Å². The van der Waals surface area contributed by atoms with E-state index in [0.29, 0.717) is 0 Å². The Morgan fingerprint density at radius 2 is 2.00 bits per heavy atom. The number of carbonyl (C=O) groups is 1. The number of nitro benzene ring substituents is 1. The Balaban J connectivity index is 2.08. The highest BCUT2D eigenvalue weighted by atomic mass is 35.5. The van der Waals surface area contributed by atoms with Crippen LogP contribution in [-0.2, 0) is 0 Å². The van der Waals surface area contributed by atoms with Crippen molar-refractivity contribution in [3.63, 3.8) is 0 Å². The molecule has 9 heteroatoms. The number of allylic oxidation sites excluding steroid dienone is 1. The molecule has 1 aliphatic rings. The van der Waals surface area contributed by atoms with Crippen molar-refractivity contribution in [3.05, 3.63) is 61.3 Å². The number of ether oxygens (including phenoxy) is 2. The second-order valence-corrected chi connectivity index (χ2v) is 5.90. The van der Waals surface area contributed by atoms with Crippen molar-refractivity contribution in [1.82, 2.24) is 0 Å². The first-order valence-corrected chi connectivity index (χ1v) is 7.56. The number of nitrogens with zero attached hydrogens (tertiary/aromatic N) is 1. The Labute approximate surface area is 151 Å². The number of phenolic OH excluding ortho intramolecular Hbond substituents is 1. The van der Waals surface area contributed by atoms with E-state index in [1.807, 2.05) is 0 Å². The quantitative estimate of drug-likeness (QED) is 0.485. The van der Waals surface area contributed by atoms with E-state index < -0.39 is 22.1 Å². The van der Waals surface area contributed by atoms with Crippen LogP contribution in [0.2, 0.25) is 10.0 Å². The minimum atomic E-state index is -0.761. The molecule has 1 heterocycles. The van der Waals surface area contributed by atoms with Crippen LogP contribution in [0.1, 0.15) is 15.9 Å². The van der Waals surface area contributed by atoms with Crippen LogP contribution in [-0.4, -0.2) is 22.9 Å². The summed E-state index contributed by atoms with van der Waals surface area (Å²) in [7, 11) is 1.25. The van der Waals surface area contributed by atoms with Crippen molar-refractivity contribution < 1.29 is 24.3 Å². The summed E-state index contributed by atoms with van der Waals surface area (Å²) in [6.07, 6.45) is 1.29. The van der Waals surface area contributed by atoms with Crippen LogP contribution >= 0.6 is 23.2 Å². The summed E-state index contributed by atoms with van der Waals surface area (Å²) in [6, 6.07) is 5.29. The van der Waals surface area contributed by atoms with Gasteiger partial charge in [-0.15, -0.1) is 0 Å². The molecule has 128 valence electrons. The van der Waals surface area contributed by atoms with Gasteiger partial charge in [0.15, 0.2) is 17.3 Å². The zero-order chi connectivity index (χ0) is 18.3. The van der Waals surface area contributed by atoms with Gasteiger partial charge in [0.05, 0.1) is 22.6 Å². The maximum Gasteiger partial charge on any atom is 0.315 e. The number of methoxy groups -OCH3 is 1. The summed E-state index contributed by atoms with van der Waals surface area (Å²) < 4.78 is 10.4. The van der Waals surface area contributed by atoms with Crippen molar-refractivity contribution in [2.75, 3.05) is 7.11 Å². The van der Waals surface area contributed by atoms with Crippen LogP contribution in [0.15, 0.2) is 30.0 Å². The van der Waals surface area contributed by atoms with Gasteiger partial charge in [0.2, 0.25) is 11.5 Å². The summed E-state index contributed by atoms with van der Waals surface area (Å²) in [5, 5.41) is 21.3. The van der Waals surface area contributed by atoms with Gasteiger partial charge in [0.1, 0.15) is 0 Å². The van der Waals surface area contributed by atoms with Crippen LogP contribution in [0.25, 0.3) is 6.08 Å². The van der Waals surface area contributed by atoms with Gasteiger partial charge in [-0.3, -0.25) is 14.9 Å². The average Bonchev–Trinajstić information content (AvgIpc) is 2.85. The number of Topliss-reactive ketones (excluding diaryl/α,β-unsaturated/α-hetero) is 1. The van der Waals surface area contributed by atoms with Crippen molar-refractivity contribution in [2.24, 2.45) is 0 Å². The molecular formula is C16H9Cl2NO6. The number of rotatable bonds is 3. The zero-order valence-corrected chi connectivity index (χ0v) is 14.1. The summed E-state index contributed by atoms with van der Waals surface area (Å²) in [5.41, 5.74) is -0.126. The summed E-state index contributed by atoms with van der Waals surface area (Å²) in [5.74, 6) is -1.09. The lowest BCUT2D eigenvalue weighted by atomic mass is 10.1. The summed E-state index contributed by atoms with van der Waals surface area (Å²) in [6.45, 7) is 0. The van der Waals surface area contributed by atoms with E-state index in [9.17, 15) is 20.0 Å². The van der Waals surface area contributed by atoms with Gasteiger partial charge >= 0.3 is 5.69 Å². The average molecular weight is 382 g/mol. The highest BCUT2D eigenvalue weighted by molar-refractivity contribution is 6.37. The fraction of sp³-hybridized carbons (Fsp3) is 0.0625. The number of ketones is 1. The number of fused-ring (bicyclic) bond motifs is 1. The second kappa shape index (κ2) is 6.27. The number of phenols is 1. The molecule has 0 saturated heterocycles. The molecule has 0 spiro atoms. The van der Waals surface area contributed by atoms with Crippen LogP contribution in [0.3, 0.4) is 0 Å². The van der Waals surface area contributed by atoms with E-state index in [0.717, 1.165) is 6.07 Å². The smallest absolute Gasteiger partial charge is 0.315 e. The van der Waals surface area contributed by atoms with E-state index in [-0.39, 0.29) is 38.4 Å². The van der Waals surface area contributed by atoms with E-state index in [2.05, 4.69) is 0 Å². The molecule has 0 radical (unpaired) electrons. The van der Waals surface area contributed by atoms with Crippen LogP contribution < -0.4 is 9.47 Å². The molecule has 2 aromatic carbocycles. The lowest BCUT2D eigenvalue weighted by Gasteiger charge is -2.06. The third kappa shape index (κ3) is 2.99. The molecular weight excluding hydrogens is 373 g/mol. The van der Waals surface area contributed by atoms with Crippen LogP contribution in [0.4, 0.5) is 5.69 Å². The second-order valence-electron chi connectivity index (χ2n) is 5.05. The van der Waals surface area contributed by atoms with Crippen LogP contribution in [0, 0.1) is 10.1 Å². The molecule has 0 unspecified atom stereocenters. The number of hydrogen-bond acceptors (Lipinski definition) is 6.